The van der Waals surface area contributed by atoms with Gasteiger partial charge in [0.2, 0.25) is 0 Å². The zero-order valence-electron chi connectivity index (χ0n) is 5.15. The Kier molecular flexibility index (Phi) is 2.45. The number of hydrogen-bond acceptors (Lipinski definition) is 3. The lowest BCUT2D eigenvalue weighted by atomic mass is 10.6. The number of nitro groups is 1. The van der Waals surface area contributed by atoms with Crippen molar-refractivity contribution in [2.75, 3.05) is 0 Å². The Morgan fingerprint density at radius 1 is 1.91 bits per heavy atom. The topological polar surface area (TPSA) is 58.7 Å². The highest BCUT2D eigenvalue weighted by Gasteiger charge is 2.23. The number of hydrazine groups is 1. The van der Waals surface area contributed by atoms with Gasteiger partial charge in [0, 0.05) is 6.21 Å². The highest BCUT2D eigenvalue weighted by molar-refractivity contribution is 9.12. The summed E-state index contributed by atoms with van der Waals surface area (Å²) >= 11 is 8.50. The molecule has 7 heteroatoms. The van der Waals surface area contributed by atoms with Gasteiger partial charge in [-0.15, -0.1) is 0 Å². The lowest BCUT2D eigenvalue weighted by Crippen LogP contribution is -2.32. The molecule has 0 aromatic heterocycles. The van der Waals surface area contributed by atoms with Gasteiger partial charge in [0.15, 0.2) is 5.03 Å². The van der Waals surface area contributed by atoms with Crippen molar-refractivity contribution < 1.29 is 5.03 Å². The first-order chi connectivity index (χ1) is 5.11. The van der Waals surface area contributed by atoms with Gasteiger partial charge in [0.05, 0.1) is 10.7 Å². The maximum absolute atomic E-state index is 10.2. The lowest BCUT2D eigenvalue weighted by molar-refractivity contribution is -0.643. The summed E-state index contributed by atoms with van der Waals surface area (Å²) in [5.41, 5.74) is -0.953. The minimum atomic E-state index is -0.953. The maximum Gasteiger partial charge on any atom is 0.258 e. The van der Waals surface area contributed by atoms with Crippen LogP contribution in [-0.2, 0) is 0 Å². The van der Waals surface area contributed by atoms with Crippen molar-refractivity contribution >= 4 is 33.7 Å². The van der Waals surface area contributed by atoms with Gasteiger partial charge >= 0.3 is 0 Å². The van der Waals surface area contributed by atoms with E-state index >= 15 is 0 Å². The summed E-state index contributed by atoms with van der Waals surface area (Å²) in [6.45, 7) is 0. The first-order valence-corrected chi connectivity index (χ1v) is 3.81. The van der Waals surface area contributed by atoms with Crippen LogP contribution in [0.1, 0.15) is 0 Å². The molecule has 0 saturated carbocycles. The highest BCUT2D eigenvalue weighted by Crippen LogP contribution is 2.16. The van der Waals surface area contributed by atoms with E-state index in [0.717, 1.165) is 0 Å². The minimum absolute atomic E-state index is 0.520. The van der Waals surface area contributed by atoms with Crippen LogP contribution < -0.4 is 0 Å². The first kappa shape index (κ1) is 8.48. The Balaban J connectivity index is 2.81. The molecule has 1 aliphatic heterocycles. The Morgan fingerprint density at radius 2 is 2.55 bits per heavy atom. The van der Waals surface area contributed by atoms with E-state index in [0.29, 0.717) is 9.49 Å². The van der Waals surface area contributed by atoms with Crippen molar-refractivity contribution in [1.82, 2.24) is 5.01 Å². The van der Waals surface area contributed by atoms with Crippen LogP contribution in [0.4, 0.5) is 0 Å². The summed E-state index contributed by atoms with van der Waals surface area (Å²) in [4.78, 5) is 13.8. The molecule has 1 rings (SSSR count). The van der Waals surface area contributed by atoms with Gasteiger partial charge in [-0.3, -0.25) is 0 Å². The van der Waals surface area contributed by atoms with Crippen molar-refractivity contribution in [2.45, 2.75) is 5.62 Å². The summed E-state index contributed by atoms with van der Waals surface area (Å²) in [6.07, 6.45) is 2.67. The molecule has 0 N–H and O–H groups in total. The molecule has 0 aromatic carbocycles. The second kappa shape index (κ2) is 3.19. The first-order valence-electron chi connectivity index (χ1n) is 2.58. The second-order valence-electron chi connectivity index (χ2n) is 1.72. The third-order valence-electron chi connectivity index (χ3n) is 0.983. The van der Waals surface area contributed by atoms with Gasteiger partial charge < -0.3 is 0 Å². The normalized spacial score (nSPS) is 23.3. The zero-order chi connectivity index (χ0) is 8.43. The number of aliphatic imine (C=N–C) groups is 1. The SMILES string of the molecule is O=[N+]([O-])N1C=C(Br)C=NC1Cl. The molecule has 0 saturated heterocycles. The molecule has 1 heterocycles. The van der Waals surface area contributed by atoms with Gasteiger partial charge in [0.1, 0.15) is 0 Å². The molecule has 0 radical (unpaired) electrons. The van der Waals surface area contributed by atoms with Gasteiger partial charge in [-0.05, 0) is 15.9 Å². The average molecular weight is 240 g/mol. The Labute approximate surface area is 75.6 Å². The van der Waals surface area contributed by atoms with Gasteiger partial charge in [-0.1, -0.05) is 16.6 Å². The van der Waals surface area contributed by atoms with Gasteiger partial charge in [-0.25, -0.2) is 15.1 Å². The molecule has 1 aliphatic rings. The molecule has 1 unspecified atom stereocenters. The van der Waals surface area contributed by atoms with Gasteiger partial charge in [0.25, 0.3) is 5.62 Å². The van der Waals surface area contributed by atoms with Crippen LogP contribution in [0.15, 0.2) is 15.7 Å². The van der Waals surface area contributed by atoms with E-state index in [1.54, 1.807) is 0 Å². The number of halogens is 2. The van der Waals surface area contributed by atoms with E-state index in [1.165, 1.54) is 12.4 Å². The lowest BCUT2D eigenvalue weighted by Gasteiger charge is -2.14. The van der Waals surface area contributed by atoms with Crippen LogP contribution in [0.2, 0.25) is 0 Å². The van der Waals surface area contributed by atoms with Crippen LogP contribution in [0.3, 0.4) is 0 Å². The largest absolute Gasteiger partial charge is 0.258 e. The predicted molar refractivity (Wildman–Crippen MR) is 44.0 cm³/mol. The van der Waals surface area contributed by atoms with Crippen LogP contribution in [0, 0.1) is 10.1 Å². The fourth-order valence-corrected chi connectivity index (χ4v) is 1.06. The smallest absolute Gasteiger partial charge is 0.246 e. The predicted octanol–water partition coefficient (Wildman–Crippen LogP) is 1.32. The number of nitrogens with zero attached hydrogens (tertiary/aromatic N) is 3. The van der Waals surface area contributed by atoms with E-state index in [9.17, 15) is 10.1 Å². The monoisotopic (exact) mass is 239 g/mol. The number of allylic oxidation sites excluding steroid dienone is 1. The van der Waals surface area contributed by atoms with Crippen LogP contribution in [0.5, 0.6) is 0 Å². The Hall–Kier alpha value is -0.620. The minimum Gasteiger partial charge on any atom is -0.246 e. The quantitative estimate of drug-likeness (QED) is 0.301. The van der Waals surface area contributed by atoms with Crippen molar-refractivity contribution in [1.29, 1.82) is 0 Å². The molecule has 0 bridgehead atoms. The zero-order valence-corrected chi connectivity index (χ0v) is 7.49. The molecule has 0 spiro atoms. The van der Waals surface area contributed by atoms with Crippen molar-refractivity contribution in [3.63, 3.8) is 0 Å². The molecule has 0 amide bonds. The van der Waals surface area contributed by atoms with E-state index in [2.05, 4.69) is 20.9 Å². The summed E-state index contributed by atoms with van der Waals surface area (Å²) in [5, 5.41) is 10.3. The fraction of sp³-hybridized carbons (Fsp3) is 0.250. The van der Waals surface area contributed by atoms with E-state index in [4.69, 9.17) is 11.6 Å². The summed E-state index contributed by atoms with van der Waals surface area (Å²) in [6, 6.07) is 0. The molecule has 60 valence electrons. The van der Waals surface area contributed by atoms with Crippen molar-refractivity contribution in [3.8, 4) is 0 Å². The molecule has 0 aliphatic carbocycles. The van der Waals surface area contributed by atoms with Crippen LogP contribution in [-0.4, -0.2) is 21.9 Å². The summed E-state index contributed by atoms with van der Waals surface area (Å²) < 4.78 is 0.520. The molecule has 5 nitrogen and oxygen atoms in total. The Bertz CT molecular complexity index is 241. The number of hydrogen-bond donors (Lipinski definition) is 0. The molecule has 1 atom stereocenters. The highest BCUT2D eigenvalue weighted by atomic mass is 79.9. The third-order valence-corrected chi connectivity index (χ3v) is 1.71. The standard InChI is InChI=1S/C4H3BrClN3O2/c5-3-1-7-4(6)8(2-3)9(10)11/h1-2,4H. The molecule has 0 aromatic rings. The molecular weight excluding hydrogens is 237 g/mol. The third kappa shape index (κ3) is 1.90. The maximum atomic E-state index is 10.2. The summed E-state index contributed by atoms with van der Waals surface area (Å²) in [5.74, 6) is 0. The van der Waals surface area contributed by atoms with E-state index in [1.807, 2.05) is 0 Å². The fourth-order valence-electron chi connectivity index (χ4n) is 0.547. The van der Waals surface area contributed by atoms with E-state index < -0.39 is 10.7 Å². The Morgan fingerprint density at radius 3 is 3.00 bits per heavy atom. The van der Waals surface area contributed by atoms with Gasteiger partial charge in [-0.2, -0.15) is 0 Å². The molecule has 0 fully saturated rings. The number of rotatable bonds is 1. The van der Waals surface area contributed by atoms with Crippen molar-refractivity contribution in [2.24, 2.45) is 4.99 Å². The summed E-state index contributed by atoms with van der Waals surface area (Å²) in [7, 11) is 0. The van der Waals surface area contributed by atoms with Crippen LogP contribution >= 0.6 is 27.5 Å². The molecule has 11 heavy (non-hydrogen) atoms. The van der Waals surface area contributed by atoms with E-state index in [-0.39, 0.29) is 0 Å². The second-order valence-corrected chi connectivity index (χ2v) is 3.03. The number of alkyl halides is 1. The molecular formula is C4H3BrClN3O2. The average Bonchev–Trinajstić information content (AvgIpc) is 1.94. The van der Waals surface area contributed by atoms with Crippen molar-refractivity contribution in [3.05, 3.63) is 20.8 Å². The van der Waals surface area contributed by atoms with Crippen LogP contribution in [0.25, 0.3) is 0 Å².